The van der Waals surface area contributed by atoms with Gasteiger partial charge in [-0.05, 0) is 66.8 Å². The molecule has 116 valence electrons. The average molecular weight is 321 g/mol. The highest BCUT2D eigenvalue weighted by atomic mass is 35.7. The van der Waals surface area contributed by atoms with Crippen molar-refractivity contribution in [3.8, 4) is 0 Å². The van der Waals surface area contributed by atoms with Crippen LogP contribution < -0.4 is 0 Å². The van der Waals surface area contributed by atoms with E-state index in [9.17, 15) is 8.42 Å². The van der Waals surface area contributed by atoms with Crippen LogP contribution in [0, 0.1) is 6.92 Å². The maximum Gasteiger partial charge on any atom is 0.261 e. The summed E-state index contributed by atoms with van der Waals surface area (Å²) in [5.74, 6) is 0. The molecule has 1 rings (SSSR count). The molecule has 6 heteroatoms. The third kappa shape index (κ3) is 10.2. The van der Waals surface area contributed by atoms with E-state index in [0.29, 0.717) is 0 Å². The molecule has 0 N–H and O–H groups in total. The monoisotopic (exact) mass is 320 g/mol. The Morgan fingerprint density at radius 3 is 1.65 bits per heavy atom. The highest BCUT2D eigenvalue weighted by Gasteiger charge is 2.07. The molecular weight excluding hydrogens is 296 g/mol. The smallest absolute Gasteiger partial charge is 0.261 e. The highest BCUT2D eigenvalue weighted by Crippen LogP contribution is 2.14. The summed E-state index contributed by atoms with van der Waals surface area (Å²) in [5.41, 5.74) is 1.01. The van der Waals surface area contributed by atoms with Crippen molar-refractivity contribution in [3.63, 3.8) is 0 Å². The van der Waals surface area contributed by atoms with Gasteiger partial charge in [0.05, 0.1) is 4.90 Å². The fourth-order valence-corrected chi connectivity index (χ4v) is 2.17. The van der Waals surface area contributed by atoms with Gasteiger partial charge in [0, 0.05) is 10.7 Å². The maximum absolute atomic E-state index is 10.7. The van der Waals surface area contributed by atoms with E-state index >= 15 is 0 Å². The van der Waals surface area contributed by atoms with Crippen molar-refractivity contribution in [2.75, 3.05) is 41.3 Å². The molecule has 0 heterocycles. The Bertz CT molecular complexity index is 462. The molecule has 0 aliphatic heterocycles. The number of hydrogen-bond donors (Lipinski definition) is 0. The lowest BCUT2D eigenvalue weighted by Gasteiger charge is -2.12. The van der Waals surface area contributed by atoms with Crippen LogP contribution in [-0.2, 0) is 9.05 Å². The van der Waals surface area contributed by atoms with Gasteiger partial charge in [0.25, 0.3) is 9.05 Å². The van der Waals surface area contributed by atoms with Crippen molar-refractivity contribution in [1.82, 2.24) is 9.80 Å². The first-order chi connectivity index (χ1) is 9.12. The summed E-state index contributed by atoms with van der Waals surface area (Å²) < 4.78 is 21.4. The minimum atomic E-state index is -3.55. The van der Waals surface area contributed by atoms with Crippen LogP contribution in [-0.4, -0.2) is 59.5 Å². The van der Waals surface area contributed by atoms with Crippen LogP contribution in [0.4, 0.5) is 0 Å². The minimum Gasteiger partial charge on any atom is -0.309 e. The Hall–Kier alpha value is -0.620. The molecule has 0 saturated carbocycles. The molecule has 0 aliphatic carbocycles. The van der Waals surface area contributed by atoms with E-state index in [-0.39, 0.29) is 4.90 Å². The summed E-state index contributed by atoms with van der Waals surface area (Å²) in [7, 11) is 9.96. The van der Waals surface area contributed by atoms with Crippen LogP contribution in [0.15, 0.2) is 29.2 Å². The minimum absolute atomic E-state index is 0.143. The lowest BCUT2D eigenvalue weighted by atomic mass is 10.2. The summed E-state index contributed by atoms with van der Waals surface area (Å²) in [6.45, 7) is 4.26. The van der Waals surface area contributed by atoms with Crippen molar-refractivity contribution < 1.29 is 8.42 Å². The van der Waals surface area contributed by atoms with Gasteiger partial charge in [0.1, 0.15) is 0 Å². The number of nitrogens with zero attached hydrogens (tertiary/aromatic N) is 2. The largest absolute Gasteiger partial charge is 0.309 e. The predicted octanol–water partition coefficient (Wildman–Crippen LogP) is 2.42. The Balaban J connectivity index is 0.000000370. The van der Waals surface area contributed by atoms with Gasteiger partial charge in [0.15, 0.2) is 0 Å². The van der Waals surface area contributed by atoms with E-state index < -0.39 is 9.05 Å². The quantitative estimate of drug-likeness (QED) is 0.781. The van der Waals surface area contributed by atoms with Gasteiger partial charge in [-0.15, -0.1) is 0 Å². The number of aryl methyl sites for hydroxylation is 1. The topological polar surface area (TPSA) is 40.6 Å². The first-order valence-electron chi connectivity index (χ1n) is 6.43. The molecule has 0 unspecified atom stereocenters. The summed E-state index contributed by atoms with van der Waals surface area (Å²) in [5, 5.41) is 0. The average Bonchev–Trinajstić information content (AvgIpc) is 2.28. The molecule has 0 fully saturated rings. The zero-order chi connectivity index (χ0) is 15.8. The first-order valence-corrected chi connectivity index (χ1v) is 8.74. The Morgan fingerprint density at radius 1 is 0.950 bits per heavy atom. The van der Waals surface area contributed by atoms with Crippen molar-refractivity contribution in [2.24, 2.45) is 0 Å². The van der Waals surface area contributed by atoms with Crippen LogP contribution >= 0.6 is 10.7 Å². The Kier molecular flexibility index (Phi) is 9.05. The van der Waals surface area contributed by atoms with Crippen LogP contribution in [0.1, 0.15) is 12.0 Å². The third-order valence-corrected chi connectivity index (χ3v) is 3.88. The molecule has 1 aromatic carbocycles. The molecule has 0 aromatic heterocycles. The van der Waals surface area contributed by atoms with Crippen molar-refractivity contribution in [1.29, 1.82) is 0 Å². The molecule has 20 heavy (non-hydrogen) atoms. The first kappa shape index (κ1) is 19.4. The van der Waals surface area contributed by atoms with E-state index in [0.717, 1.165) is 5.56 Å². The second-order valence-electron chi connectivity index (χ2n) is 5.21. The number of rotatable bonds is 5. The van der Waals surface area contributed by atoms with Gasteiger partial charge in [-0.3, -0.25) is 0 Å². The zero-order valence-corrected chi connectivity index (χ0v) is 14.5. The van der Waals surface area contributed by atoms with Crippen LogP contribution in [0.2, 0.25) is 0 Å². The molecule has 0 saturated heterocycles. The molecule has 0 bridgehead atoms. The van der Waals surface area contributed by atoms with E-state index in [1.165, 1.54) is 31.6 Å². The molecule has 0 radical (unpaired) electrons. The summed E-state index contributed by atoms with van der Waals surface area (Å²) in [4.78, 5) is 4.57. The zero-order valence-electron chi connectivity index (χ0n) is 12.9. The Labute approximate surface area is 127 Å². The SMILES string of the molecule is CN(C)CCCN(C)C.Cc1ccc(S(=O)(=O)Cl)cc1. The summed E-state index contributed by atoms with van der Waals surface area (Å²) in [6, 6.07) is 6.37. The van der Waals surface area contributed by atoms with Gasteiger partial charge in [-0.25, -0.2) is 8.42 Å². The summed E-state index contributed by atoms with van der Waals surface area (Å²) >= 11 is 0. The van der Waals surface area contributed by atoms with E-state index in [4.69, 9.17) is 10.7 Å². The van der Waals surface area contributed by atoms with Crippen molar-refractivity contribution >= 4 is 19.7 Å². The van der Waals surface area contributed by atoms with Gasteiger partial charge < -0.3 is 9.80 Å². The summed E-state index contributed by atoms with van der Waals surface area (Å²) in [6.07, 6.45) is 1.26. The van der Waals surface area contributed by atoms with Gasteiger partial charge in [-0.1, -0.05) is 17.7 Å². The number of halogens is 1. The number of benzene rings is 1. The highest BCUT2D eigenvalue weighted by molar-refractivity contribution is 8.13. The second kappa shape index (κ2) is 9.34. The van der Waals surface area contributed by atoms with E-state index in [1.54, 1.807) is 12.1 Å². The molecule has 4 nitrogen and oxygen atoms in total. The molecule has 1 aromatic rings. The van der Waals surface area contributed by atoms with Gasteiger partial charge in [0.2, 0.25) is 0 Å². The fourth-order valence-electron chi connectivity index (χ4n) is 1.40. The maximum atomic E-state index is 10.7. The predicted molar refractivity (Wildman–Crippen MR) is 85.9 cm³/mol. The van der Waals surface area contributed by atoms with Crippen LogP contribution in [0.25, 0.3) is 0 Å². The lowest BCUT2D eigenvalue weighted by Crippen LogP contribution is -2.20. The van der Waals surface area contributed by atoms with E-state index in [2.05, 4.69) is 38.0 Å². The normalized spacial score (nSPS) is 11.4. The molecule has 0 aliphatic rings. The Morgan fingerprint density at radius 2 is 1.35 bits per heavy atom. The molecule has 0 atom stereocenters. The lowest BCUT2D eigenvalue weighted by molar-refractivity contribution is 0.340. The second-order valence-corrected chi connectivity index (χ2v) is 7.78. The third-order valence-electron chi connectivity index (χ3n) is 2.51. The van der Waals surface area contributed by atoms with Gasteiger partial charge >= 0.3 is 0 Å². The standard InChI is InChI=1S/C7H7ClO2S.C7H18N2/c1-6-2-4-7(5-3-6)11(8,9)10;1-8(2)6-5-7-9(3)4/h2-5H,1H3;5-7H2,1-4H3. The molecule has 0 amide bonds. The van der Waals surface area contributed by atoms with Crippen molar-refractivity contribution in [2.45, 2.75) is 18.2 Å². The van der Waals surface area contributed by atoms with Crippen LogP contribution in [0.3, 0.4) is 0 Å². The van der Waals surface area contributed by atoms with Crippen molar-refractivity contribution in [3.05, 3.63) is 29.8 Å². The number of hydrogen-bond acceptors (Lipinski definition) is 4. The molecule has 0 spiro atoms. The van der Waals surface area contributed by atoms with E-state index in [1.807, 2.05) is 6.92 Å². The molecular formula is C14H25ClN2O2S. The van der Waals surface area contributed by atoms with Crippen LogP contribution in [0.5, 0.6) is 0 Å². The fraction of sp³-hybridized carbons (Fsp3) is 0.571. The van der Waals surface area contributed by atoms with Gasteiger partial charge in [-0.2, -0.15) is 0 Å².